The van der Waals surface area contributed by atoms with E-state index in [-0.39, 0.29) is 11.9 Å². The summed E-state index contributed by atoms with van der Waals surface area (Å²) in [7, 11) is 0. The molecule has 14 heavy (non-hydrogen) atoms. The Morgan fingerprint density at radius 2 is 2.50 bits per heavy atom. The lowest BCUT2D eigenvalue weighted by Gasteiger charge is -2.11. The second-order valence-electron chi connectivity index (χ2n) is 2.92. The Morgan fingerprint density at radius 3 is 3.07 bits per heavy atom. The average Bonchev–Trinajstić information content (AvgIpc) is 2.67. The molecule has 0 aliphatic rings. The third-order valence-corrected chi connectivity index (χ3v) is 2.57. The van der Waals surface area contributed by atoms with Crippen LogP contribution in [0.4, 0.5) is 0 Å². The standard InChI is InChI=1S/C9H15N3OS/c1-3-10-9(13)7(2)12-6-8-11-4-5-14-8/h4-5,7,12H,3,6H2,1-2H3,(H,10,13). The van der Waals surface area contributed by atoms with Crippen LogP contribution in [-0.2, 0) is 11.3 Å². The lowest BCUT2D eigenvalue weighted by Crippen LogP contribution is -2.41. The number of rotatable bonds is 5. The molecular formula is C9H15N3OS. The highest BCUT2D eigenvalue weighted by atomic mass is 32.1. The van der Waals surface area contributed by atoms with E-state index in [4.69, 9.17) is 0 Å². The Bertz CT molecular complexity index is 274. The van der Waals surface area contributed by atoms with Crippen LogP contribution in [0.2, 0.25) is 0 Å². The van der Waals surface area contributed by atoms with E-state index in [0.29, 0.717) is 13.1 Å². The number of carbonyl (C=O) groups is 1. The second kappa shape index (κ2) is 5.72. The van der Waals surface area contributed by atoms with Gasteiger partial charge in [0.2, 0.25) is 5.91 Å². The minimum atomic E-state index is -0.168. The Balaban J connectivity index is 2.27. The van der Waals surface area contributed by atoms with E-state index in [1.54, 1.807) is 17.5 Å². The van der Waals surface area contributed by atoms with Gasteiger partial charge in [0, 0.05) is 24.7 Å². The van der Waals surface area contributed by atoms with Gasteiger partial charge in [-0.25, -0.2) is 4.98 Å². The minimum Gasteiger partial charge on any atom is -0.355 e. The highest BCUT2D eigenvalue weighted by Crippen LogP contribution is 2.02. The van der Waals surface area contributed by atoms with Crippen molar-refractivity contribution < 1.29 is 4.79 Å². The van der Waals surface area contributed by atoms with E-state index in [1.807, 2.05) is 19.2 Å². The van der Waals surface area contributed by atoms with Gasteiger partial charge in [0.1, 0.15) is 5.01 Å². The molecule has 1 heterocycles. The average molecular weight is 213 g/mol. The molecule has 1 rings (SSSR count). The summed E-state index contributed by atoms with van der Waals surface area (Å²) >= 11 is 1.58. The third-order valence-electron chi connectivity index (χ3n) is 1.79. The molecule has 0 aromatic carbocycles. The van der Waals surface area contributed by atoms with Crippen molar-refractivity contribution >= 4 is 17.2 Å². The van der Waals surface area contributed by atoms with Crippen LogP contribution in [0, 0.1) is 0 Å². The number of nitrogens with one attached hydrogen (secondary N) is 2. The van der Waals surface area contributed by atoms with Gasteiger partial charge in [0.25, 0.3) is 0 Å². The number of carbonyl (C=O) groups excluding carboxylic acids is 1. The fraction of sp³-hybridized carbons (Fsp3) is 0.556. The molecule has 0 saturated carbocycles. The van der Waals surface area contributed by atoms with Crippen LogP contribution in [0.5, 0.6) is 0 Å². The van der Waals surface area contributed by atoms with E-state index >= 15 is 0 Å². The van der Waals surface area contributed by atoms with Crippen LogP contribution in [0.25, 0.3) is 0 Å². The molecular weight excluding hydrogens is 198 g/mol. The van der Waals surface area contributed by atoms with Crippen molar-refractivity contribution in [2.24, 2.45) is 0 Å². The molecule has 1 aromatic heterocycles. The first-order chi connectivity index (χ1) is 6.74. The predicted molar refractivity (Wildman–Crippen MR) is 57.1 cm³/mol. The van der Waals surface area contributed by atoms with Crippen molar-refractivity contribution in [1.82, 2.24) is 15.6 Å². The van der Waals surface area contributed by atoms with Gasteiger partial charge in [0.15, 0.2) is 0 Å². The van der Waals surface area contributed by atoms with Crippen LogP contribution in [0.1, 0.15) is 18.9 Å². The molecule has 0 saturated heterocycles. The van der Waals surface area contributed by atoms with Crippen LogP contribution in [0.3, 0.4) is 0 Å². The SMILES string of the molecule is CCNC(=O)C(C)NCc1nccs1. The summed E-state index contributed by atoms with van der Waals surface area (Å²) in [4.78, 5) is 15.4. The number of hydrogen-bond acceptors (Lipinski definition) is 4. The smallest absolute Gasteiger partial charge is 0.236 e. The van der Waals surface area contributed by atoms with Gasteiger partial charge in [-0.3, -0.25) is 10.1 Å². The van der Waals surface area contributed by atoms with Crippen LogP contribution >= 0.6 is 11.3 Å². The van der Waals surface area contributed by atoms with Gasteiger partial charge < -0.3 is 5.32 Å². The van der Waals surface area contributed by atoms with Crippen molar-refractivity contribution in [3.05, 3.63) is 16.6 Å². The summed E-state index contributed by atoms with van der Waals surface area (Å²) < 4.78 is 0. The number of aromatic nitrogens is 1. The van der Waals surface area contributed by atoms with Gasteiger partial charge in [-0.05, 0) is 13.8 Å². The zero-order valence-corrected chi connectivity index (χ0v) is 9.23. The Hall–Kier alpha value is -0.940. The summed E-state index contributed by atoms with van der Waals surface area (Å²) in [5.41, 5.74) is 0. The maximum absolute atomic E-state index is 11.3. The Kier molecular flexibility index (Phi) is 4.55. The third kappa shape index (κ3) is 3.43. The summed E-state index contributed by atoms with van der Waals surface area (Å²) in [5.74, 6) is 0.0315. The molecule has 2 N–H and O–H groups in total. The predicted octanol–water partition coefficient (Wildman–Crippen LogP) is 0.757. The van der Waals surface area contributed by atoms with Gasteiger partial charge in [-0.2, -0.15) is 0 Å². The van der Waals surface area contributed by atoms with Crippen LogP contribution in [-0.4, -0.2) is 23.5 Å². The topological polar surface area (TPSA) is 54.0 Å². The molecule has 5 heteroatoms. The first-order valence-electron chi connectivity index (χ1n) is 4.63. The molecule has 0 radical (unpaired) electrons. The number of nitrogens with zero attached hydrogens (tertiary/aromatic N) is 1. The van der Waals surface area contributed by atoms with Gasteiger partial charge in [0.05, 0.1) is 6.04 Å². The number of thiazole rings is 1. The van der Waals surface area contributed by atoms with E-state index in [2.05, 4.69) is 15.6 Å². The number of likely N-dealkylation sites (N-methyl/N-ethyl adjacent to an activating group) is 1. The van der Waals surface area contributed by atoms with Crippen molar-refractivity contribution in [2.45, 2.75) is 26.4 Å². The van der Waals surface area contributed by atoms with Crippen molar-refractivity contribution in [1.29, 1.82) is 0 Å². The highest BCUT2D eigenvalue weighted by molar-refractivity contribution is 7.09. The summed E-state index contributed by atoms with van der Waals surface area (Å²) in [6.07, 6.45) is 1.76. The van der Waals surface area contributed by atoms with E-state index in [1.165, 1.54) is 0 Å². The first-order valence-corrected chi connectivity index (χ1v) is 5.51. The normalized spacial score (nSPS) is 12.4. The zero-order valence-electron chi connectivity index (χ0n) is 8.41. The monoisotopic (exact) mass is 213 g/mol. The van der Waals surface area contributed by atoms with Gasteiger partial charge in [-0.1, -0.05) is 0 Å². The Morgan fingerprint density at radius 1 is 1.71 bits per heavy atom. The maximum Gasteiger partial charge on any atom is 0.236 e. The van der Waals surface area contributed by atoms with Crippen molar-refractivity contribution in [2.75, 3.05) is 6.54 Å². The van der Waals surface area contributed by atoms with E-state index < -0.39 is 0 Å². The molecule has 0 aliphatic carbocycles. The first kappa shape index (κ1) is 11.1. The van der Waals surface area contributed by atoms with Crippen LogP contribution < -0.4 is 10.6 Å². The molecule has 1 atom stereocenters. The lowest BCUT2D eigenvalue weighted by atomic mass is 10.3. The maximum atomic E-state index is 11.3. The molecule has 1 aromatic rings. The molecule has 1 amide bonds. The number of amides is 1. The fourth-order valence-electron chi connectivity index (χ4n) is 1.00. The Labute approximate surface area is 87.7 Å². The fourth-order valence-corrected chi connectivity index (χ4v) is 1.57. The van der Waals surface area contributed by atoms with Gasteiger partial charge in [-0.15, -0.1) is 11.3 Å². The molecule has 0 bridgehead atoms. The molecule has 0 spiro atoms. The number of hydrogen-bond donors (Lipinski definition) is 2. The summed E-state index contributed by atoms with van der Waals surface area (Å²) in [6, 6.07) is -0.168. The van der Waals surface area contributed by atoms with E-state index in [0.717, 1.165) is 5.01 Å². The highest BCUT2D eigenvalue weighted by Gasteiger charge is 2.10. The molecule has 78 valence electrons. The molecule has 4 nitrogen and oxygen atoms in total. The molecule has 0 fully saturated rings. The summed E-state index contributed by atoms with van der Waals surface area (Å²) in [6.45, 7) is 5.07. The van der Waals surface area contributed by atoms with E-state index in [9.17, 15) is 4.79 Å². The lowest BCUT2D eigenvalue weighted by molar-refractivity contribution is -0.122. The van der Waals surface area contributed by atoms with Gasteiger partial charge >= 0.3 is 0 Å². The summed E-state index contributed by atoms with van der Waals surface area (Å²) in [5, 5.41) is 8.79. The van der Waals surface area contributed by atoms with Crippen molar-refractivity contribution in [3.63, 3.8) is 0 Å². The van der Waals surface area contributed by atoms with Crippen molar-refractivity contribution in [3.8, 4) is 0 Å². The van der Waals surface area contributed by atoms with Crippen LogP contribution in [0.15, 0.2) is 11.6 Å². The molecule has 0 aliphatic heterocycles. The largest absolute Gasteiger partial charge is 0.355 e. The zero-order chi connectivity index (χ0) is 10.4. The quantitative estimate of drug-likeness (QED) is 0.759. The minimum absolute atomic E-state index is 0.0315. The second-order valence-corrected chi connectivity index (χ2v) is 3.90. The molecule has 1 unspecified atom stereocenters.